The minimum atomic E-state index is -0.418. The number of rotatable bonds is 8. The number of nitrogens with one attached hydrogen (secondary N) is 2. The van der Waals surface area contributed by atoms with Gasteiger partial charge in [-0.3, -0.25) is 4.98 Å². The molecule has 0 radical (unpaired) electrons. The molecule has 8 heteroatoms. The lowest BCUT2D eigenvalue weighted by Gasteiger charge is -2.36. The number of aromatic amines is 1. The van der Waals surface area contributed by atoms with E-state index in [-0.39, 0.29) is 0 Å². The van der Waals surface area contributed by atoms with Crippen LogP contribution in [0.3, 0.4) is 0 Å². The van der Waals surface area contributed by atoms with E-state index in [0.717, 1.165) is 31.5 Å². The molecule has 0 unspecified atom stereocenters. The molecule has 1 saturated heterocycles. The van der Waals surface area contributed by atoms with Gasteiger partial charge in [-0.05, 0) is 50.6 Å². The van der Waals surface area contributed by atoms with E-state index in [4.69, 9.17) is 14.2 Å². The number of H-pyrrole nitrogens is 1. The highest BCUT2D eigenvalue weighted by Crippen LogP contribution is 2.30. The zero-order chi connectivity index (χ0) is 19.9. The first-order chi connectivity index (χ1) is 13.6. The van der Waals surface area contributed by atoms with Crippen LogP contribution in [0.25, 0.3) is 0 Å². The summed E-state index contributed by atoms with van der Waals surface area (Å²) >= 11 is 0. The van der Waals surface area contributed by atoms with E-state index in [2.05, 4.69) is 20.2 Å². The Morgan fingerprint density at radius 1 is 1.14 bits per heavy atom. The largest absolute Gasteiger partial charge is 0.493 e. The fraction of sp³-hybridized carbons (Fsp3) is 0.500. The van der Waals surface area contributed by atoms with Crippen molar-refractivity contribution in [2.75, 3.05) is 38.8 Å². The Balaban J connectivity index is 1.95. The molecule has 0 bridgehead atoms. The third-order valence-electron chi connectivity index (χ3n) is 4.86. The second-order valence-corrected chi connectivity index (χ2v) is 6.64. The Morgan fingerprint density at radius 2 is 1.93 bits per heavy atom. The van der Waals surface area contributed by atoms with Crippen LogP contribution >= 0.6 is 0 Å². The van der Waals surface area contributed by atoms with Crippen molar-refractivity contribution in [3.63, 3.8) is 0 Å². The van der Waals surface area contributed by atoms with E-state index in [1.807, 2.05) is 25.1 Å². The van der Waals surface area contributed by atoms with Crippen LogP contribution in [-0.4, -0.2) is 49.9 Å². The van der Waals surface area contributed by atoms with Gasteiger partial charge in [0.05, 0.1) is 20.8 Å². The first-order valence-corrected chi connectivity index (χ1v) is 9.57. The fourth-order valence-corrected chi connectivity index (χ4v) is 3.50. The number of piperidine rings is 1. The van der Waals surface area contributed by atoms with Crippen LogP contribution in [0.4, 0.5) is 5.82 Å². The molecule has 2 heterocycles. The lowest BCUT2D eigenvalue weighted by molar-refractivity contribution is 0.310. The standard InChI is InChI=1S/C20H28N4O4/c1-4-28-17-11-14(5-6-16(17)26-2)13-24(15-7-9-21-10-8-15)18-12-19(27-3)23-20(25)22-18/h5-6,11-12,15,21H,4,7-10,13H2,1-3H3,(H,22,23,25). The Bertz CT molecular complexity index is 833. The molecule has 0 saturated carbocycles. The average Bonchev–Trinajstić information content (AvgIpc) is 2.72. The second kappa shape index (κ2) is 9.45. The van der Waals surface area contributed by atoms with Crippen LogP contribution in [0.1, 0.15) is 25.3 Å². The number of anilines is 1. The Morgan fingerprint density at radius 3 is 2.61 bits per heavy atom. The summed E-state index contributed by atoms with van der Waals surface area (Å²) in [6, 6.07) is 7.99. The van der Waals surface area contributed by atoms with Gasteiger partial charge in [0.2, 0.25) is 5.88 Å². The van der Waals surface area contributed by atoms with Crippen molar-refractivity contribution in [2.45, 2.75) is 32.4 Å². The normalized spacial score (nSPS) is 14.5. The van der Waals surface area contributed by atoms with Gasteiger partial charge in [-0.25, -0.2) is 4.79 Å². The minimum absolute atomic E-state index is 0.293. The zero-order valence-corrected chi connectivity index (χ0v) is 16.7. The van der Waals surface area contributed by atoms with Crippen LogP contribution < -0.4 is 30.1 Å². The van der Waals surface area contributed by atoms with E-state index >= 15 is 0 Å². The maximum absolute atomic E-state index is 12.0. The molecule has 1 aromatic carbocycles. The number of aromatic nitrogens is 2. The third kappa shape index (κ3) is 4.75. The summed E-state index contributed by atoms with van der Waals surface area (Å²) in [5.41, 5.74) is 0.650. The molecule has 28 heavy (non-hydrogen) atoms. The van der Waals surface area contributed by atoms with E-state index in [0.29, 0.717) is 42.4 Å². The van der Waals surface area contributed by atoms with Gasteiger partial charge in [0, 0.05) is 18.7 Å². The van der Waals surface area contributed by atoms with Crippen molar-refractivity contribution in [1.82, 2.24) is 15.3 Å². The Hall–Kier alpha value is -2.74. The van der Waals surface area contributed by atoms with Gasteiger partial charge in [0.1, 0.15) is 5.82 Å². The van der Waals surface area contributed by atoms with E-state index in [1.54, 1.807) is 13.2 Å². The zero-order valence-electron chi connectivity index (χ0n) is 16.7. The molecule has 2 aromatic rings. The van der Waals surface area contributed by atoms with Gasteiger partial charge in [0.25, 0.3) is 0 Å². The van der Waals surface area contributed by atoms with Gasteiger partial charge >= 0.3 is 5.69 Å². The van der Waals surface area contributed by atoms with E-state index in [9.17, 15) is 4.79 Å². The molecule has 0 atom stereocenters. The molecule has 0 amide bonds. The van der Waals surface area contributed by atoms with E-state index < -0.39 is 5.69 Å². The van der Waals surface area contributed by atoms with Gasteiger partial charge in [-0.2, -0.15) is 4.98 Å². The van der Waals surface area contributed by atoms with Crippen molar-refractivity contribution in [1.29, 1.82) is 0 Å². The van der Waals surface area contributed by atoms with Crippen molar-refractivity contribution in [3.05, 3.63) is 40.3 Å². The lowest BCUT2D eigenvalue weighted by atomic mass is 10.0. The van der Waals surface area contributed by atoms with Gasteiger partial charge < -0.3 is 24.4 Å². The third-order valence-corrected chi connectivity index (χ3v) is 4.86. The van der Waals surface area contributed by atoms with Crippen LogP contribution in [0.5, 0.6) is 17.4 Å². The van der Waals surface area contributed by atoms with Crippen LogP contribution in [0.15, 0.2) is 29.1 Å². The molecule has 3 rings (SSSR count). The summed E-state index contributed by atoms with van der Waals surface area (Å²) in [6.45, 7) is 5.02. The SMILES string of the molecule is CCOc1cc(CN(c2cc(OC)nc(=O)[nH]2)C2CCNCC2)ccc1OC. The number of ether oxygens (including phenoxy) is 3. The molecular weight excluding hydrogens is 360 g/mol. The van der Waals surface area contributed by atoms with Crippen LogP contribution in [-0.2, 0) is 6.54 Å². The average molecular weight is 388 g/mol. The predicted octanol–water partition coefficient (Wildman–Crippen LogP) is 1.94. The molecule has 2 N–H and O–H groups in total. The molecule has 1 aromatic heterocycles. The van der Waals surface area contributed by atoms with Crippen molar-refractivity contribution < 1.29 is 14.2 Å². The topological polar surface area (TPSA) is 88.7 Å². The molecule has 0 aliphatic carbocycles. The molecule has 8 nitrogen and oxygen atoms in total. The summed E-state index contributed by atoms with van der Waals surface area (Å²) in [6.07, 6.45) is 1.97. The number of methoxy groups -OCH3 is 2. The highest BCUT2D eigenvalue weighted by molar-refractivity contribution is 5.47. The number of hydrogen-bond donors (Lipinski definition) is 2. The van der Waals surface area contributed by atoms with Gasteiger partial charge in [-0.1, -0.05) is 6.07 Å². The van der Waals surface area contributed by atoms with Gasteiger partial charge in [-0.15, -0.1) is 0 Å². The number of nitrogens with zero attached hydrogens (tertiary/aromatic N) is 2. The first kappa shape index (κ1) is 20.0. The minimum Gasteiger partial charge on any atom is -0.493 e. The van der Waals surface area contributed by atoms with Crippen molar-refractivity contribution >= 4 is 5.82 Å². The molecule has 1 aliphatic rings. The summed E-state index contributed by atoms with van der Waals surface area (Å²) < 4.78 is 16.3. The Kier molecular flexibility index (Phi) is 6.76. The smallest absolute Gasteiger partial charge is 0.349 e. The summed E-state index contributed by atoms with van der Waals surface area (Å²) in [5, 5.41) is 3.39. The molecule has 1 aliphatic heterocycles. The van der Waals surface area contributed by atoms with Crippen molar-refractivity contribution in [2.24, 2.45) is 0 Å². The van der Waals surface area contributed by atoms with Crippen molar-refractivity contribution in [3.8, 4) is 17.4 Å². The number of hydrogen-bond acceptors (Lipinski definition) is 7. The summed E-state index contributed by atoms with van der Waals surface area (Å²) in [7, 11) is 3.14. The molecule has 0 spiro atoms. The predicted molar refractivity (Wildman–Crippen MR) is 108 cm³/mol. The summed E-state index contributed by atoms with van der Waals surface area (Å²) in [4.78, 5) is 20.9. The highest BCUT2D eigenvalue weighted by atomic mass is 16.5. The quantitative estimate of drug-likeness (QED) is 0.714. The molecule has 152 valence electrons. The maximum atomic E-state index is 12.0. The second-order valence-electron chi connectivity index (χ2n) is 6.64. The molecule has 1 fully saturated rings. The Labute approximate surface area is 164 Å². The first-order valence-electron chi connectivity index (χ1n) is 9.57. The monoisotopic (exact) mass is 388 g/mol. The lowest BCUT2D eigenvalue weighted by Crippen LogP contribution is -2.43. The van der Waals surface area contributed by atoms with Crippen LogP contribution in [0, 0.1) is 0 Å². The highest BCUT2D eigenvalue weighted by Gasteiger charge is 2.23. The molecular formula is C20H28N4O4. The summed E-state index contributed by atoms with van der Waals surface area (Å²) in [5.74, 6) is 2.44. The fourth-order valence-electron chi connectivity index (χ4n) is 3.50. The van der Waals surface area contributed by atoms with Gasteiger partial charge in [0.15, 0.2) is 11.5 Å². The van der Waals surface area contributed by atoms with E-state index in [1.165, 1.54) is 7.11 Å². The van der Waals surface area contributed by atoms with Crippen LogP contribution in [0.2, 0.25) is 0 Å². The number of benzene rings is 1. The maximum Gasteiger partial charge on any atom is 0.349 e.